The number of likely N-dealkylation sites (N-methyl/N-ethyl adjacent to an activating group) is 1. The highest BCUT2D eigenvalue weighted by Crippen LogP contribution is 2.33. The van der Waals surface area contributed by atoms with Crippen molar-refractivity contribution < 1.29 is 5.11 Å². The zero-order chi connectivity index (χ0) is 12.3. The van der Waals surface area contributed by atoms with E-state index in [9.17, 15) is 5.11 Å². The fraction of sp³-hybridized carbons (Fsp3) is 1.00. The first-order valence-electron chi connectivity index (χ1n) is 7.55. The normalized spacial score (nSPS) is 33.2. The molecule has 100 valence electrons. The van der Waals surface area contributed by atoms with Crippen molar-refractivity contribution in [2.24, 2.45) is 5.92 Å². The average molecular weight is 239 g/mol. The fourth-order valence-corrected chi connectivity index (χ4v) is 3.78. The van der Waals surface area contributed by atoms with Gasteiger partial charge in [-0.25, -0.2) is 0 Å². The molecule has 2 aliphatic rings. The third-order valence-electron chi connectivity index (χ3n) is 5.09. The molecule has 0 atom stereocenters. The summed E-state index contributed by atoms with van der Waals surface area (Å²) in [6.07, 6.45) is 11.3. The highest BCUT2D eigenvalue weighted by Gasteiger charge is 2.34. The van der Waals surface area contributed by atoms with E-state index in [2.05, 4.69) is 18.9 Å². The molecule has 0 radical (unpaired) electrons. The van der Waals surface area contributed by atoms with Gasteiger partial charge in [0.1, 0.15) is 0 Å². The van der Waals surface area contributed by atoms with Gasteiger partial charge in [0.2, 0.25) is 0 Å². The summed E-state index contributed by atoms with van der Waals surface area (Å²) < 4.78 is 0. The lowest BCUT2D eigenvalue weighted by Crippen LogP contribution is -2.45. The van der Waals surface area contributed by atoms with E-state index in [1.165, 1.54) is 44.9 Å². The van der Waals surface area contributed by atoms with Crippen LogP contribution in [0.25, 0.3) is 0 Å². The van der Waals surface area contributed by atoms with Crippen LogP contribution in [0, 0.1) is 5.92 Å². The Morgan fingerprint density at radius 1 is 1.12 bits per heavy atom. The number of aliphatic hydroxyl groups is 1. The number of rotatable bonds is 4. The molecule has 0 aromatic carbocycles. The summed E-state index contributed by atoms with van der Waals surface area (Å²) in [5, 5.41) is 10.4. The molecule has 0 saturated heterocycles. The predicted octanol–water partition coefficient (Wildman–Crippen LogP) is 3.19. The summed E-state index contributed by atoms with van der Waals surface area (Å²) in [7, 11) is 2.22. The van der Waals surface area contributed by atoms with Gasteiger partial charge in [-0.2, -0.15) is 0 Å². The number of hydrogen-bond acceptors (Lipinski definition) is 2. The second-order valence-electron chi connectivity index (χ2n) is 6.43. The molecule has 2 heteroatoms. The molecule has 2 aliphatic carbocycles. The molecule has 2 saturated carbocycles. The monoisotopic (exact) mass is 239 g/mol. The Hall–Kier alpha value is -0.0800. The average Bonchev–Trinajstić information content (AvgIpc) is 2.76. The van der Waals surface area contributed by atoms with Crippen LogP contribution < -0.4 is 0 Å². The zero-order valence-electron chi connectivity index (χ0n) is 11.6. The van der Waals surface area contributed by atoms with Crippen molar-refractivity contribution in [3.8, 4) is 0 Å². The van der Waals surface area contributed by atoms with E-state index in [-0.39, 0.29) is 5.60 Å². The first-order valence-corrected chi connectivity index (χ1v) is 7.55. The lowest BCUT2D eigenvalue weighted by Gasteiger charge is -2.38. The summed E-state index contributed by atoms with van der Waals surface area (Å²) in [5.41, 5.74) is -0.365. The van der Waals surface area contributed by atoms with Crippen LogP contribution in [0.1, 0.15) is 64.7 Å². The van der Waals surface area contributed by atoms with Crippen molar-refractivity contribution in [2.75, 3.05) is 13.6 Å². The largest absolute Gasteiger partial charge is 0.389 e. The van der Waals surface area contributed by atoms with Crippen LogP contribution in [0.2, 0.25) is 0 Å². The SMILES string of the molecule is CCC1CCC(N(C)CC2(O)CCCC2)CC1. The lowest BCUT2D eigenvalue weighted by atomic mass is 9.83. The Morgan fingerprint density at radius 2 is 1.71 bits per heavy atom. The van der Waals surface area contributed by atoms with E-state index in [1.807, 2.05) is 0 Å². The maximum absolute atomic E-state index is 10.4. The molecule has 17 heavy (non-hydrogen) atoms. The summed E-state index contributed by atoms with van der Waals surface area (Å²) in [4.78, 5) is 2.44. The van der Waals surface area contributed by atoms with E-state index in [1.54, 1.807) is 0 Å². The van der Waals surface area contributed by atoms with Crippen LogP contribution in [0.3, 0.4) is 0 Å². The maximum atomic E-state index is 10.4. The fourth-order valence-electron chi connectivity index (χ4n) is 3.78. The molecule has 0 aromatic rings. The molecule has 2 nitrogen and oxygen atoms in total. The Balaban J connectivity index is 1.78. The van der Waals surface area contributed by atoms with Crippen molar-refractivity contribution in [2.45, 2.75) is 76.4 Å². The highest BCUT2D eigenvalue weighted by atomic mass is 16.3. The quantitative estimate of drug-likeness (QED) is 0.814. The molecule has 2 fully saturated rings. The molecule has 0 heterocycles. The molecule has 0 amide bonds. The van der Waals surface area contributed by atoms with E-state index < -0.39 is 0 Å². The molecule has 0 unspecified atom stereocenters. The van der Waals surface area contributed by atoms with E-state index in [0.29, 0.717) is 0 Å². The minimum absolute atomic E-state index is 0.365. The molecule has 0 aromatic heterocycles. The van der Waals surface area contributed by atoms with Gasteiger partial charge in [-0.1, -0.05) is 26.2 Å². The van der Waals surface area contributed by atoms with Crippen LogP contribution in [0.5, 0.6) is 0 Å². The van der Waals surface area contributed by atoms with Gasteiger partial charge < -0.3 is 10.0 Å². The summed E-state index contributed by atoms with van der Waals surface area (Å²) in [6.45, 7) is 3.21. The van der Waals surface area contributed by atoms with Crippen LogP contribution >= 0.6 is 0 Å². The molecule has 2 rings (SSSR count). The standard InChI is InChI=1S/C15H29NO/c1-3-13-6-8-14(9-7-13)16(2)12-15(17)10-4-5-11-15/h13-14,17H,3-12H2,1-2H3. The van der Waals surface area contributed by atoms with Crippen molar-refractivity contribution in [1.29, 1.82) is 0 Å². The van der Waals surface area contributed by atoms with Crippen molar-refractivity contribution in [3.63, 3.8) is 0 Å². The van der Waals surface area contributed by atoms with Gasteiger partial charge in [-0.3, -0.25) is 0 Å². The van der Waals surface area contributed by atoms with Gasteiger partial charge in [-0.05, 0) is 51.5 Å². The predicted molar refractivity (Wildman–Crippen MR) is 72.1 cm³/mol. The van der Waals surface area contributed by atoms with Gasteiger partial charge in [0, 0.05) is 12.6 Å². The van der Waals surface area contributed by atoms with Crippen LogP contribution in [0.15, 0.2) is 0 Å². The Kier molecular flexibility index (Phi) is 4.48. The number of hydrogen-bond donors (Lipinski definition) is 1. The maximum Gasteiger partial charge on any atom is 0.0774 e. The lowest BCUT2D eigenvalue weighted by molar-refractivity contribution is -0.00132. The van der Waals surface area contributed by atoms with Crippen molar-refractivity contribution in [1.82, 2.24) is 4.90 Å². The third-order valence-corrected chi connectivity index (χ3v) is 5.09. The second-order valence-corrected chi connectivity index (χ2v) is 6.43. The van der Waals surface area contributed by atoms with Gasteiger partial charge in [0.05, 0.1) is 5.60 Å². The van der Waals surface area contributed by atoms with Crippen LogP contribution in [-0.2, 0) is 0 Å². The minimum atomic E-state index is -0.365. The molecular weight excluding hydrogens is 210 g/mol. The van der Waals surface area contributed by atoms with Gasteiger partial charge in [-0.15, -0.1) is 0 Å². The Labute approximate surface area is 106 Å². The molecule has 0 bridgehead atoms. The highest BCUT2D eigenvalue weighted by molar-refractivity contribution is 4.89. The zero-order valence-corrected chi connectivity index (χ0v) is 11.6. The minimum Gasteiger partial charge on any atom is -0.389 e. The van der Waals surface area contributed by atoms with Crippen LogP contribution in [0.4, 0.5) is 0 Å². The first kappa shape index (κ1) is 13.4. The molecule has 1 N–H and O–H groups in total. The van der Waals surface area contributed by atoms with Crippen molar-refractivity contribution >= 4 is 0 Å². The van der Waals surface area contributed by atoms with Crippen molar-refractivity contribution in [3.05, 3.63) is 0 Å². The van der Waals surface area contributed by atoms with Crippen LogP contribution in [-0.4, -0.2) is 35.2 Å². The molecule has 0 spiro atoms. The van der Waals surface area contributed by atoms with E-state index >= 15 is 0 Å². The Morgan fingerprint density at radius 3 is 2.24 bits per heavy atom. The molecule has 0 aliphatic heterocycles. The second kappa shape index (κ2) is 5.71. The summed E-state index contributed by atoms with van der Waals surface area (Å²) in [5.74, 6) is 0.967. The summed E-state index contributed by atoms with van der Waals surface area (Å²) in [6, 6.07) is 0.724. The van der Waals surface area contributed by atoms with E-state index in [0.717, 1.165) is 31.3 Å². The Bertz CT molecular complexity index is 227. The smallest absolute Gasteiger partial charge is 0.0774 e. The number of nitrogens with zero attached hydrogens (tertiary/aromatic N) is 1. The van der Waals surface area contributed by atoms with Gasteiger partial charge in [0.15, 0.2) is 0 Å². The summed E-state index contributed by atoms with van der Waals surface area (Å²) >= 11 is 0. The first-order chi connectivity index (χ1) is 8.13. The third kappa shape index (κ3) is 3.45. The van der Waals surface area contributed by atoms with E-state index in [4.69, 9.17) is 0 Å². The van der Waals surface area contributed by atoms with Gasteiger partial charge in [0.25, 0.3) is 0 Å². The molecular formula is C15H29NO. The topological polar surface area (TPSA) is 23.5 Å². The van der Waals surface area contributed by atoms with Gasteiger partial charge >= 0.3 is 0 Å².